The van der Waals surface area contributed by atoms with E-state index < -0.39 is 29.6 Å². The second kappa shape index (κ2) is 8.56. The lowest BCUT2D eigenvalue weighted by atomic mass is 10.1. The highest BCUT2D eigenvalue weighted by Gasteiger charge is 2.32. The minimum atomic E-state index is -4.55. The fourth-order valence-electron chi connectivity index (χ4n) is 2.87. The first-order valence-electron chi connectivity index (χ1n) is 8.95. The molecule has 2 amide bonds. The van der Waals surface area contributed by atoms with Crippen molar-refractivity contribution in [1.29, 1.82) is 0 Å². The van der Waals surface area contributed by atoms with E-state index in [0.717, 1.165) is 12.1 Å². The van der Waals surface area contributed by atoms with E-state index in [0.29, 0.717) is 32.0 Å². The van der Waals surface area contributed by atoms with Gasteiger partial charge in [-0.2, -0.15) is 13.2 Å². The molecule has 2 N–H and O–H groups in total. The molecule has 0 aliphatic carbocycles. The van der Waals surface area contributed by atoms with Crippen LogP contribution in [0.3, 0.4) is 0 Å². The molecule has 2 heterocycles. The second-order valence-electron chi connectivity index (χ2n) is 6.49. The van der Waals surface area contributed by atoms with Crippen molar-refractivity contribution in [2.45, 2.75) is 19.1 Å². The summed E-state index contributed by atoms with van der Waals surface area (Å²) in [4.78, 5) is 26.4. The number of hydrogen-bond acceptors (Lipinski definition) is 5. The smallest absolute Gasteiger partial charge is 0.416 e. The maximum Gasteiger partial charge on any atom is 0.416 e. The molecule has 0 spiro atoms. The highest BCUT2D eigenvalue weighted by molar-refractivity contribution is 6.01. The summed E-state index contributed by atoms with van der Waals surface area (Å²) in [6, 6.07) is 5.15. The normalized spacial score (nSPS) is 15.7. The number of halogens is 3. The fraction of sp³-hybridized carbons (Fsp3) is 0.368. The Morgan fingerprint density at radius 3 is 2.52 bits per heavy atom. The molecule has 2 aromatic rings. The number of ether oxygens (including phenoxy) is 1. The van der Waals surface area contributed by atoms with Crippen LogP contribution in [0, 0.1) is 0 Å². The SMILES string of the molecule is CC(NC(=O)c1ccco1)C(=O)Nc1cc(C(F)(F)F)ccc1N1CCOCC1. The molecule has 7 nitrogen and oxygen atoms in total. The average Bonchev–Trinajstić information content (AvgIpc) is 3.23. The number of rotatable bonds is 5. The number of carbonyl (C=O) groups is 2. The molecule has 3 rings (SSSR count). The van der Waals surface area contributed by atoms with E-state index in [2.05, 4.69) is 10.6 Å². The van der Waals surface area contributed by atoms with Crippen molar-refractivity contribution in [3.05, 3.63) is 47.9 Å². The quantitative estimate of drug-likeness (QED) is 0.791. The zero-order valence-electron chi connectivity index (χ0n) is 15.6. The Bertz CT molecular complexity index is 862. The number of nitrogens with zero attached hydrogens (tertiary/aromatic N) is 1. The summed E-state index contributed by atoms with van der Waals surface area (Å²) >= 11 is 0. The number of nitrogens with one attached hydrogen (secondary N) is 2. The van der Waals surface area contributed by atoms with Crippen molar-refractivity contribution in [3.63, 3.8) is 0 Å². The van der Waals surface area contributed by atoms with Crippen molar-refractivity contribution < 1.29 is 31.9 Å². The Morgan fingerprint density at radius 2 is 1.90 bits per heavy atom. The molecule has 1 fully saturated rings. The van der Waals surface area contributed by atoms with Gasteiger partial charge in [-0.1, -0.05) is 0 Å². The number of carbonyl (C=O) groups excluding carboxylic acids is 2. The van der Waals surface area contributed by atoms with Crippen LogP contribution in [0.4, 0.5) is 24.5 Å². The van der Waals surface area contributed by atoms with Crippen LogP contribution in [-0.4, -0.2) is 44.2 Å². The molecule has 1 aromatic heterocycles. The maximum absolute atomic E-state index is 13.2. The van der Waals surface area contributed by atoms with Gasteiger partial charge in [0, 0.05) is 13.1 Å². The topological polar surface area (TPSA) is 83.8 Å². The minimum absolute atomic E-state index is 0.0193. The lowest BCUT2D eigenvalue weighted by Crippen LogP contribution is -2.42. The molecule has 1 aromatic carbocycles. The molecule has 0 saturated carbocycles. The third kappa shape index (κ3) is 5.08. The van der Waals surface area contributed by atoms with Gasteiger partial charge in [0.2, 0.25) is 5.91 Å². The molecule has 10 heteroatoms. The van der Waals surface area contributed by atoms with Gasteiger partial charge in [-0.05, 0) is 37.3 Å². The van der Waals surface area contributed by atoms with Crippen LogP contribution < -0.4 is 15.5 Å². The summed E-state index contributed by atoms with van der Waals surface area (Å²) in [5, 5.41) is 4.95. The molecule has 1 aliphatic rings. The third-order valence-corrected chi connectivity index (χ3v) is 4.42. The molecule has 1 saturated heterocycles. The molecule has 29 heavy (non-hydrogen) atoms. The van der Waals surface area contributed by atoms with Crippen molar-refractivity contribution in [2.24, 2.45) is 0 Å². The van der Waals surface area contributed by atoms with Crippen molar-refractivity contribution in [1.82, 2.24) is 5.32 Å². The van der Waals surface area contributed by atoms with E-state index in [9.17, 15) is 22.8 Å². The number of furan rings is 1. The first-order chi connectivity index (χ1) is 13.8. The van der Waals surface area contributed by atoms with Gasteiger partial charge in [-0.3, -0.25) is 9.59 Å². The van der Waals surface area contributed by atoms with E-state index in [-0.39, 0.29) is 11.4 Å². The van der Waals surface area contributed by atoms with Crippen molar-refractivity contribution in [2.75, 3.05) is 36.5 Å². The largest absolute Gasteiger partial charge is 0.459 e. The van der Waals surface area contributed by atoms with Crippen LogP contribution in [-0.2, 0) is 15.7 Å². The highest BCUT2D eigenvalue weighted by Crippen LogP contribution is 2.35. The molecule has 1 unspecified atom stereocenters. The summed E-state index contributed by atoms with van der Waals surface area (Å²) in [7, 11) is 0. The Hall–Kier alpha value is -3.01. The fourth-order valence-corrected chi connectivity index (χ4v) is 2.87. The molecule has 1 aliphatic heterocycles. The first-order valence-corrected chi connectivity index (χ1v) is 8.95. The summed E-state index contributed by atoms with van der Waals surface area (Å²) < 4.78 is 49.7. The lowest BCUT2D eigenvalue weighted by molar-refractivity contribution is -0.137. The summed E-state index contributed by atoms with van der Waals surface area (Å²) in [6.45, 7) is 3.27. The van der Waals surface area contributed by atoms with Gasteiger partial charge >= 0.3 is 6.18 Å². The monoisotopic (exact) mass is 411 g/mol. The number of morpholine rings is 1. The molecular weight excluding hydrogens is 391 g/mol. The second-order valence-corrected chi connectivity index (χ2v) is 6.49. The van der Waals surface area contributed by atoms with Gasteiger partial charge in [-0.15, -0.1) is 0 Å². The predicted molar refractivity (Wildman–Crippen MR) is 98.7 cm³/mol. The number of benzene rings is 1. The number of hydrogen-bond donors (Lipinski definition) is 2. The maximum atomic E-state index is 13.2. The summed E-state index contributed by atoms with van der Waals surface area (Å²) in [6.07, 6.45) is -3.24. The van der Waals surface area contributed by atoms with E-state index in [1.165, 1.54) is 31.4 Å². The van der Waals surface area contributed by atoms with Gasteiger partial charge in [0.15, 0.2) is 5.76 Å². The van der Waals surface area contributed by atoms with E-state index in [4.69, 9.17) is 9.15 Å². The zero-order chi connectivity index (χ0) is 21.0. The van der Waals surface area contributed by atoms with E-state index in [1.807, 2.05) is 4.90 Å². The van der Waals surface area contributed by atoms with Crippen LogP contribution >= 0.6 is 0 Å². The molecule has 156 valence electrons. The molecule has 1 atom stereocenters. The Balaban J connectivity index is 1.79. The van der Waals surface area contributed by atoms with E-state index in [1.54, 1.807) is 0 Å². The van der Waals surface area contributed by atoms with Gasteiger partial charge in [-0.25, -0.2) is 0 Å². The van der Waals surface area contributed by atoms with Gasteiger partial charge in [0.05, 0.1) is 36.4 Å². The van der Waals surface area contributed by atoms with Gasteiger partial charge < -0.3 is 24.7 Å². The highest BCUT2D eigenvalue weighted by atomic mass is 19.4. The first kappa shape index (κ1) is 20.7. The average molecular weight is 411 g/mol. The Morgan fingerprint density at radius 1 is 1.17 bits per heavy atom. The minimum Gasteiger partial charge on any atom is -0.459 e. The van der Waals surface area contributed by atoms with Crippen LogP contribution in [0.1, 0.15) is 23.0 Å². The van der Waals surface area contributed by atoms with Gasteiger partial charge in [0.1, 0.15) is 6.04 Å². The van der Waals surface area contributed by atoms with Crippen LogP contribution in [0.25, 0.3) is 0 Å². The standard InChI is InChI=1S/C19H20F3N3O4/c1-12(23-18(27)16-3-2-8-29-16)17(26)24-14-11-13(19(20,21)22)4-5-15(14)25-6-9-28-10-7-25/h2-5,8,11-12H,6-7,9-10H2,1H3,(H,23,27)(H,24,26). The number of anilines is 2. The van der Waals surface area contributed by atoms with Crippen molar-refractivity contribution >= 4 is 23.2 Å². The number of alkyl halides is 3. The number of amides is 2. The van der Waals surface area contributed by atoms with Crippen molar-refractivity contribution in [3.8, 4) is 0 Å². The zero-order valence-corrected chi connectivity index (χ0v) is 15.6. The third-order valence-electron chi connectivity index (χ3n) is 4.42. The summed E-state index contributed by atoms with van der Waals surface area (Å²) in [5.74, 6) is -1.23. The van der Waals surface area contributed by atoms with Crippen LogP contribution in [0.5, 0.6) is 0 Å². The van der Waals surface area contributed by atoms with Crippen LogP contribution in [0.2, 0.25) is 0 Å². The Labute approximate surface area is 164 Å². The lowest BCUT2D eigenvalue weighted by Gasteiger charge is -2.31. The molecule has 0 radical (unpaired) electrons. The van der Waals surface area contributed by atoms with E-state index >= 15 is 0 Å². The predicted octanol–water partition coefficient (Wildman–Crippen LogP) is 2.89. The van der Waals surface area contributed by atoms with Crippen LogP contribution in [0.15, 0.2) is 41.0 Å². The molecule has 0 bridgehead atoms. The Kier molecular flexibility index (Phi) is 6.12. The van der Waals surface area contributed by atoms with Gasteiger partial charge in [0.25, 0.3) is 5.91 Å². The summed E-state index contributed by atoms with van der Waals surface area (Å²) in [5.41, 5.74) is -0.401. The molecular formula is C19H20F3N3O4.